The summed E-state index contributed by atoms with van der Waals surface area (Å²) >= 11 is 0. The minimum atomic E-state index is -4.36. The minimum Gasteiger partial charge on any atom is -0.481 e. The summed E-state index contributed by atoms with van der Waals surface area (Å²) in [7, 11) is 0. The molecule has 0 bridgehead atoms. The molecule has 1 atom stereocenters. The highest BCUT2D eigenvalue weighted by atomic mass is 19.4. The molecule has 8 heteroatoms. The van der Waals surface area contributed by atoms with E-state index in [0.717, 1.165) is 12.1 Å². The highest BCUT2D eigenvalue weighted by Crippen LogP contribution is 2.29. The van der Waals surface area contributed by atoms with E-state index in [1.807, 2.05) is 0 Å². The minimum absolute atomic E-state index is 0.189. The van der Waals surface area contributed by atoms with E-state index in [-0.39, 0.29) is 12.6 Å². The molecular formula is C17H21F3N2O3. The van der Waals surface area contributed by atoms with Gasteiger partial charge in [0.05, 0.1) is 11.5 Å². The maximum absolute atomic E-state index is 12.7. The van der Waals surface area contributed by atoms with Gasteiger partial charge in [0.1, 0.15) is 0 Å². The Balaban J connectivity index is 1.76. The Bertz CT molecular complexity index is 619. The predicted molar refractivity (Wildman–Crippen MR) is 85.1 cm³/mol. The van der Waals surface area contributed by atoms with Gasteiger partial charge in [-0.05, 0) is 37.3 Å². The molecule has 1 aromatic rings. The molecular weight excluding hydrogens is 337 g/mol. The van der Waals surface area contributed by atoms with Gasteiger partial charge >= 0.3 is 18.2 Å². The highest BCUT2D eigenvalue weighted by Gasteiger charge is 2.30. The molecule has 0 saturated carbocycles. The van der Waals surface area contributed by atoms with Crippen LogP contribution in [-0.4, -0.2) is 41.6 Å². The fourth-order valence-electron chi connectivity index (χ4n) is 2.87. The quantitative estimate of drug-likeness (QED) is 0.795. The van der Waals surface area contributed by atoms with E-state index in [1.165, 1.54) is 11.0 Å². The molecule has 2 amide bonds. The van der Waals surface area contributed by atoms with Crippen LogP contribution in [0.3, 0.4) is 0 Å². The zero-order chi connectivity index (χ0) is 18.4. The van der Waals surface area contributed by atoms with Crippen LogP contribution in [0.25, 0.3) is 0 Å². The number of likely N-dealkylation sites (tertiary alicyclic amines) is 1. The van der Waals surface area contributed by atoms with Crippen LogP contribution in [0.2, 0.25) is 0 Å². The van der Waals surface area contributed by atoms with Gasteiger partial charge in [0.15, 0.2) is 0 Å². The number of carboxylic acids is 1. The van der Waals surface area contributed by atoms with E-state index >= 15 is 0 Å². The van der Waals surface area contributed by atoms with Crippen molar-refractivity contribution in [1.29, 1.82) is 0 Å². The van der Waals surface area contributed by atoms with Crippen molar-refractivity contribution in [2.45, 2.75) is 31.9 Å². The molecule has 25 heavy (non-hydrogen) atoms. The lowest BCUT2D eigenvalue weighted by molar-refractivity contribution is -0.143. The largest absolute Gasteiger partial charge is 0.481 e. The third-order valence-corrected chi connectivity index (χ3v) is 4.23. The number of carbonyl (C=O) groups excluding carboxylic acids is 1. The second-order valence-corrected chi connectivity index (χ2v) is 6.16. The number of carboxylic acid groups (broad SMARTS) is 1. The molecule has 2 N–H and O–H groups in total. The number of rotatable bonds is 5. The average Bonchev–Trinajstić information content (AvgIpc) is 2.58. The SMILES string of the molecule is O=C(O)C1CCCN(C(=O)NCCCc2cccc(C(F)(F)F)c2)C1. The number of urea groups is 1. The summed E-state index contributed by atoms with van der Waals surface area (Å²) in [6.45, 7) is 1.03. The first-order chi connectivity index (χ1) is 11.8. The fourth-order valence-corrected chi connectivity index (χ4v) is 2.87. The number of carbonyl (C=O) groups is 2. The number of hydrogen-bond donors (Lipinski definition) is 2. The van der Waals surface area contributed by atoms with Crippen LogP contribution >= 0.6 is 0 Å². The van der Waals surface area contributed by atoms with Gasteiger partial charge in [-0.15, -0.1) is 0 Å². The zero-order valence-electron chi connectivity index (χ0n) is 13.7. The number of halogens is 3. The molecule has 1 saturated heterocycles. The average molecular weight is 358 g/mol. The molecule has 1 fully saturated rings. The monoisotopic (exact) mass is 358 g/mol. The van der Waals surface area contributed by atoms with E-state index in [9.17, 15) is 22.8 Å². The van der Waals surface area contributed by atoms with Crippen molar-refractivity contribution in [3.05, 3.63) is 35.4 Å². The van der Waals surface area contributed by atoms with Gasteiger partial charge in [-0.2, -0.15) is 13.2 Å². The summed E-state index contributed by atoms with van der Waals surface area (Å²) in [5, 5.41) is 11.7. The number of piperidine rings is 1. The van der Waals surface area contributed by atoms with Crippen LogP contribution in [0.1, 0.15) is 30.4 Å². The molecule has 0 spiro atoms. The zero-order valence-corrected chi connectivity index (χ0v) is 13.7. The van der Waals surface area contributed by atoms with Crippen LogP contribution in [0, 0.1) is 5.92 Å². The summed E-state index contributed by atoms with van der Waals surface area (Å²) in [6.07, 6.45) is -2.23. The van der Waals surface area contributed by atoms with Crippen molar-refractivity contribution in [2.75, 3.05) is 19.6 Å². The Morgan fingerprint density at radius 2 is 2.08 bits per heavy atom. The van der Waals surface area contributed by atoms with Crippen molar-refractivity contribution >= 4 is 12.0 Å². The van der Waals surface area contributed by atoms with Gasteiger partial charge in [-0.1, -0.05) is 18.2 Å². The van der Waals surface area contributed by atoms with E-state index in [0.29, 0.717) is 44.3 Å². The first kappa shape index (κ1) is 19.1. The lowest BCUT2D eigenvalue weighted by atomic mass is 9.99. The number of alkyl halides is 3. The summed E-state index contributed by atoms with van der Waals surface area (Å²) in [5.74, 6) is -1.44. The third-order valence-electron chi connectivity index (χ3n) is 4.23. The molecule has 5 nitrogen and oxygen atoms in total. The molecule has 1 aromatic carbocycles. The second-order valence-electron chi connectivity index (χ2n) is 6.16. The summed E-state index contributed by atoms with van der Waals surface area (Å²) < 4.78 is 38.0. The number of amides is 2. The topological polar surface area (TPSA) is 69.6 Å². The van der Waals surface area contributed by atoms with Gasteiger partial charge in [0.25, 0.3) is 0 Å². The van der Waals surface area contributed by atoms with Gasteiger partial charge in [-0.3, -0.25) is 4.79 Å². The molecule has 0 aliphatic carbocycles. The van der Waals surface area contributed by atoms with E-state index < -0.39 is 23.6 Å². The Morgan fingerprint density at radius 3 is 2.76 bits per heavy atom. The van der Waals surface area contributed by atoms with E-state index in [4.69, 9.17) is 5.11 Å². The van der Waals surface area contributed by atoms with Crippen molar-refractivity contribution < 1.29 is 27.9 Å². The van der Waals surface area contributed by atoms with Gasteiger partial charge in [-0.25, -0.2) is 4.79 Å². The van der Waals surface area contributed by atoms with Crippen molar-refractivity contribution in [2.24, 2.45) is 5.92 Å². The summed E-state index contributed by atoms with van der Waals surface area (Å²) in [5.41, 5.74) is -0.116. The number of aliphatic carboxylic acids is 1. The first-order valence-electron chi connectivity index (χ1n) is 8.19. The Morgan fingerprint density at radius 1 is 1.32 bits per heavy atom. The molecule has 138 valence electrons. The van der Waals surface area contributed by atoms with E-state index in [2.05, 4.69) is 5.32 Å². The Hall–Kier alpha value is -2.25. The maximum atomic E-state index is 12.7. The smallest absolute Gasteiger partial charge is 0.416 e. The van der Waals surface area contributed by atoms with Gasteiger partial charge < -0.3 is 15.3 Å². The highest BCUT2D eigenvalue weighted by molar-refractivity contribution is 5.76. The lowest BCUT2D eigenvalue weighted by Crippen LogP contribution is -2.47. The predicted octanol–water partition coefficient (Wildman–Crippen LogP) is 3.14. The summed E-state index contributed by atoms with van der Waals surface area (Å²) in [4.78, 5) is 24.5. The van der Waals surface area contributed by atoms with Gasteiger partial charge in [0.2, 0.25) is 0 Å². The van der Waals surface area contributed by atoms with Crippen molar-refractivity contribution in [3.8, 4) is 0 Å². The maximum Gasteiger partial charge on any atom is 0.416 e. The standard InChI is InChI=1S/C17H21F3N2O3/c18-17(19,20)14-7-1-4-12(10-14)5-2-8-21-16(25)22-9-3-6-13(11-22)15(23)24/h1,4,7,10,13H,2-3,5-6,8-9,11H2,(H,21,25)(H,23,24). The molecule has 0 aromatic heterocycles. The van der Waals surface area contributed by atoms with E-state index in [1.54, 1.807) is 6.07 Å². The molecule has 1 heterocycles. The van der Waals surface area contributed by atoms with Crippen LogP contribution < -0.4 is 5.32 Å². The second kappa shape index (κ2) is 8.22. The van der Waals surface area contributed by atoms with Crippen LogP contribution in [0.5, 0.6) is 0 Å². The third kappa shape index (κ3) is 5.65. The Kier molecular flexibility index (Phi) is 6.27. The molecule has 2 rings (SSSR count). The number of aryl methyl sites for hydroxylation is 1. The van der Waals surface area contributed by atoms with Crippen LogP contribution in [-0.2, 0) is 17.4 Å². The Labute approximate surface area is 143 Å². The van der Waals surface area contributed by atoms with Crippen LogP contribution in [0.4, 0.5) is 18.0 Å². The number of nitrogens with zero attached hydrogens (tertiary/aromatic N) is 1. The molecule has 0 radical (unpaired) electrons. The number of hydrogen-bond acceptors (Lipinski definition) is 2. The lowest BCUT2D eigenvalue weighted by Gasteiger charge is -2.30. The first-order valence-corrected chi connectivity index (χ1v) is 8.19. The summed E-state index contributed by atoms with van der Waals surface area (Å²) in [6, 6.07) is 4.81. The molecule has 1 aliphatic rings. The molecule has 1 unspecified atom stereocenters. The van der Waals surface area contributed by atoms with Crippen LogP contribution in [0.15, 0.2) is 24.3 Å². The number of benzene rings is 1. The molecule has 1 aliphatic heterocycles. The normalized spacial score (nSPS) is 18.0. The van der Waals surface area contributed by atoms with Gasteiger partial charge in [0, 0.05) is 19.6 Å². The number of nitrogens with one attached hydrogen (secondary N) is 1. The van der Waals surface area contributed by atoms with Crippen molar-refractivity contribution in [3.63, 3.8) is 0 Å². The van der Waals surface area contributed by atoms with Crippen molar-refractivity contribution in [1.82, 2.24) is 10.2 Å². The fraction of sp³-hybridized carbons (Fsp3) is 0.529.